The Kier molecular flexibility index (Phi) is 3.15. The molecule has 2 heterocycles. The van der Waals surface area contributed by atoms with Crippen molar-refractivity contribution in [2.24, 2.45) is 0 Å². The largest absolute Gasteiger partial charge is 0.466 e. The first-order chi connectivity index (χ1) is 7.65. The molecule has 3 nitrogen and oxygen atoms in total. The molecule has 0 amide bonds. The van der Waals surface area contributed by atoms with Crippen LogP contribution in [0.25, 0.3) is 0 Å². The van der Waals surface area contributed by atoms with Gasteiger partial charge < -0.3 is 14.2 Å². The summed E-state index contributed by atoms with van der Waals surface area (Å²) in [4.78, 5) is 0. The van der Waals surface area contributed by atoms with Crippen molar-refractivity contribution in [1.82, 2.24) is 5.32 Å². The minimum atomic E-state index is 0.748. The molecule has 0 radical (unpaired) electrons. The van der Waals surface area contributed by atoms with Crippen LogP contribution in [0.15, 0.2) is 27.0 Å². The Morgan fingerprint density at radius 3 is 2.38 bits per heavy atom. The van der Waals surface area contributed by atoms with E-state index in [1.54, 1.807) is 0 Å². The fourth-order valence-corrected chi connectivity index (χ4v) is 1.76. The maximum atomic E-state index is 5.47. The lowest BCUT2D eigenvalue weighted by Gasteiger charge is -2.01. The number of furan rings is 2. The summed E-state index contributed by atoms with van der Waals surface area (Å²) >= 11 is 0. The number of nitrogens with one attached hydrogen (secondary N) is 1. The SMILES string of the molecule is Cc1ccc(CNCc2cc(C)oc2C)o1. The highest BCUT2D eigenvalue weighted by Gasteiger charge is 2.04. The maximum Gasteiger partial charge on any atom is 0.117 e. The van der Waals surface area contributed by atoms with Crippen LogP contribution in [0.2, 0.25) is 0 Å². The summed E-state index contributed by atoms with van der Waals surface area (Å²) < 4.78 is 10.9. The number of hydrogen-bond acceptors (Lipinski definition) is 3. The molecule has 1 N–H and O–H groups in total. The third-order valence-electron chi connectivity index (χ3n) is 2.55. The zero-order valence-electron chi connectivity index (χ0n) is 9.96. The van der Waals surface area contributed by atoms with Crippen molar-refractivity contribution in [3.63, 3.8) is 0 Å². The van der Waals surface area contributed by atoms with Crippen molar-refractivity contribution < 1.29 is 8.83 Å². The van der Waals surface area contributed by atoms with Gasteiger partial charge in [-0.15, -0.1) is 0 Å². The Balaban J connectivity index is 1.86. The summed E-state index contributed by atoms with van der Waals surface area (Å²) in [7, 11) is 0. The molecule has 0 bridgehead atoms. The van der Waals surface area contributed by atoms with Crippen LogP contribution in [0.3, 0.4) is 0 Å². The molecule has 0 atom stereocenters. The van der Waals surface area contributed by atoms with Crippen molar-refractivity contribution in [2.45, 2.75) is 33.9 Å². The fraction of sp³-hybridized carbons (Fsp3) is 0.385. The Hall–Kier alpha value is -1.48. The Bertz CT molecular complexity index is 468. The van der Waals surface area contributed by atoms with Gasteiger partial charge in [-0.2, -0.15) is 0 Å². The number of hydrogen-bond donors (Lipinski definition) is 1. The molecule has 0 aliphatic heterocycles. The van der Waals surface area contributed by atoms with Gasteiger partial charge in [0.15, 0.2) is 0 Å². The predicted molar refractivity (Wildman–Crippen MR) is 62.2 cm³/mol. The molecule has 0 saturated carbocycles. The van der Waals surface area contributed by atoms with Gasteiger partial charge >= 0.3 is 0 Å². The van der Waals surface area contributed by atoms with Crippen LogP contribution in [0, 0.1) is 20.8 Å². The molecule has 0 unspecified atom stereocenters. The third kappa shape index (κ3) is 2.55. The Labute approximate surface area is 95.5 Å². The summed E-state index contributed by atoms with van der Waals surface area (Å²) in [5, 5.41) is 3.33. The molecule has 0 saturated heterocycles. The van der Waals surface area contributed by atoms with Crippen molar-refractivity contribution in [2.75, 3.05) is 0 Å². The predicted octanol–water partition coefficient (Wildman–Crippen LogP) is 3.09. The van der Waals surface area contributed by atoms with Crippen LogP contribution in [0.1, 0.15) is 28.6 Å². The third-order valence-corrected chi connectivity index (χ3v) is 2.55. The molecule has 86 valence electrons. The first kappa shape index (κ1) is 11.0. The molecule has 0 fully saturated rings. The average Bonchev–Trinajstić information content (AvgIpc) is 2.74. The maximum absolute atomic E-state index is 5.47. The van der Waals surface area contributed by atoms with E-state index < -0.39 is 0 Å². The van der Waals surface area contributed by atoms with Crippen LogP contribution < -0.4 is 5.32 Å². The van der Waals surface area contributed by atoms with Crippen LogP contribution in [0.5, 0.6) is 0 Å². The average molecular weight is 219 g/mol. The first-order valence-electron chi connectivity index (χ1n) is 5.47. The van der Waals surface area contributed by atoms with E-state index in [9.17, 15) is 0 Å². The van der Waals surface area contributed by atoms with Crippen LogP contribution >= 0.6 is 0 Å². The fourth-order valence-electron chi connectivity index (χ4n) is 1.76. The summed E-state index contributed by atoms with van der Waals surface area (Å²) in [6, 6.07) is 6.04. The van der Waals surface area contributed by atoms with Gasteiger partial charge in [-0.1, -0.05) is 0 Å². The molecule has 0 aliphatic rings. The Morgan fingerprint density at radius 1 is 1.00 bits per heavy atom. The van der Waals surface area contributed by atoms with Gasteiger partial charge in [0.05, 0.1) is 6.54 Å². The standard InChI is InChI=1S/C13H17NO2/c1-9-4-5-13(16-9)8-14-7-12-6-10(2)15-11(12)3/h4-6,14H,7-8H2,1-3H3. The van der Waals surface area contributed by atoms with Crippen molar-refractivity contribution in [1.29, 1.82) is 0 Å². The molecule has 16 heavy (non-hydrogen) atoms. The van der Waals surface area contributed by atoms with Crippen LogP contribution in [-0.2, 0) is 13.1 Å². The van der Waals surface area contributed by atoms with E-state index in [4.69, 9.17) is 8.83 Å². The molecular weight excluding hydrogens is 202 g/mol. The second kappa shape index (κ2) is 4.58. The second-order valence-electron chi connectivity index (χ2n) is 4.05. The highest BCUT2D eigenvalue weighted by Crippen LogP contribution is 2.13. The van der Waals surface area contributed by atoms with Gasteiger partial charge in [0.25, 0.3) is 0 Å². The van der Waals surface area contributed by atoms with Crippen molar-refractivity contribution >= 4 is 0 Å². The molecular formula is C13H17NO2. The minimum absolute atomic E-state index is 0.748. The van der Waals surface area contributed by atoms with Crippen molar-refractivity contribution in [3.8, 4) is 0 Å². The summed E-state index contributed by atoms with van der Waals surface area (Å²) in [6.45, 7) is 7.46. The quantitative estimate of drug-likeness (QED) is 0.858. The van der Waals surface area contributed by atoms with Crippen LogP contribution in [-0.4, -0.2) is 0 Å². The van der Waals surface area contributed by atoms with E-state index in [1.165, 1.54) is 5.56 Å². The summed E-state index contributed by atoms with van der Waals surface area (Å²) in [5.74, 6) is 3.87. The van der Waals surface area contributed by atoms with Crippen molar-refractivity contribution in [3.05, 3.63) is 46.8 Å². The van der Waals surface area contributed by atoms with E-state index >= 15 is 0 Å². The lowest BCUT2D eigenvalue weighted by Crippen LogP contribution is -2.12. The van der Waals surface area contributed by atoms with Gasteiger partial charge in [-0.3, -0.25) is 0 Å². The second-order valence-corrected chi connectivity index (χ2v) is 4.05. The molecule has 2 rings (SSSR count). The number of aryl methyl sites for hydroxylation is 3. The smallest absolute Gasteiger partial charge is 0.117 e. The highest BCUT2D eigenvalue weighted by atomic mass is 16.3. The van der Waals surface area contributed by atoms with Gasteiger partial charge in [0.2, 0.25) is 0 Å². The Morgan fingerprint density at radius 2 is 1.81 bits per heavy atom. The van der Waals surface area contributed by atoms with Gasteiger partial charge in [0.1, 0.15) is 23.0 Å². The minimum Gasteiger partial charge on any atom is -0.466 e. The normalized spacial score (nSPS) is 10.9. The lowest BCUT2D eigenvalue weighted by atomic mass is 10.2. The summed E-state index contributed by atoms with van der Waals surface area (Å²) in [6.07, 6.45) is 0. The highest BCUT2D eigenvalue weighted by molar-refractivity contribution is 5.19. The monoisotopic (exact) mass is 219 g/mol. The van der Waals surface area contributed by atoms with E-state index in [2.05, 4.69) is 11.4 Å². The molecule has 0 aromatic carbocycles. The first-order valence-corrected chi connectivity index (χ1v) is 5.47. The lowest BCUT2D eigenvalue weighted by molar-refractivity contribution is 0.459. The molecule has 2 aromatic heterocycles. The van der Waals surface area contributed by atoms with Gasteiger partial charge in [-0.25, -0.2) is 0 Å². The van der Waals surface area contributed by atoms with Gasteiger partial charge in [0, 0.05) is 12.1 Å². The van der Waals surface area contributed by atoms with E-state index in [0.29, 0.717) is 0 Å². The van der Waals surface area contributed by atoms with Crippen LogP contribution in [0.4, 0.5) is 0 Å². The van der Waals surface area contributed by atoms with Gasteiger partial charge in [-0.05, 0) is 39.0 Å². The zero-order valence-corrected chi connectivity index (χ0v) is 9.96. The van der Waals surface area contributed by atoms with E-state index in [1.807, 2.05) is 32.9 Å². The topological polar surface area (TPSA) is 38.3 Å². The molecule has 2 aromatic rings. The zero-order chi connectivity index (χ0) is 11.5. The molecule has 0 aliphatic carbocycles. The van der Waals surface area contributed by atoms with E-state index in [-0.39, 0.29) is 0 Å². The summed E-state index contributed by atoms with van der Waals surface area (Å²) in [5.41, 5.74) is 1.21. The van der Waals surface area contributed by atoms with E-state index in [0.717, 1.165) is 36.1 Å². The molecule has 3 heteroatoms. The molecule has 0 spiro atoms. The number of rotatable bonds is 4.